The van der Waals surface area contributed by atoms with Crippen LogP contribution in [0.3, 0.4) is 0 Å². The van der Waals surface area contributed by atoms with Crippen LogP contribution in [0.4, 0.5) is 17.6 Å². The molecule has 0 fully saturated rings. The molecule has 10 heteroatoms. The highest BCUT2D eigenvalue weighted by atomic mass is 19.3. The summed E-state index contributed by atoms with van der Waals surface area (Å²) < 4.78 is 57.8. The molecule has 156 valence electrons. The Morgan fingerprint density at radius 2 is 1.76 bits per heavy atom. The Labute approximate surface area is 163 Å². The smallest absolute Gasteiger partial charge is 0.387 e. The number of amides is 1. The monoisotopic (exact) mass is 415 g/mol. The predicted molar refractivity (Wildman–Crippen MR) is 96.6 cm³/mol. The molecule has 0 aliphatic heterocycles. The van der Waals surface area contributed by atoms with Gasteiger partial charge in [0.05, 0.1) is 11.3 Å². The first-order chi connectivity index (χ1) is 13.7. The Kier molecular flexibility index (Phi) is 9.17. The van der Waals surface area contributed by atoms with Gasteiger partial charge in [-0.2, -0.15) is 17.6 Å². The number of carbonyl (C=O) groups excluding carboxylic acids is 1. The van der Waals surface area contributed by atoms with Gasteiger partial charge in [-0.1, -0.05) is 24.8 Å². The second-order valence-corrected chi connectivity index (χ2v) is 5.11. The van der Waals surface area contributed by atoms with Crippen molar-refractivity contribution in [1.29, 1.82) is 0 Å². The van der Waals surface area contributed by atoms with Crippen LogP contribution in [0, 0.1) is 0 Å². The molecule has 1 aromatic rings. The third-order valence-electron chi connectivity index (χ3n) is 3.18. The van der Waals surface area contributed by atoms with Gasteiger partial charge in [0.1, 0.15) is 0 Å². The Morgan fingerprint density at radius 3 is 2.28 bits per heavy atom. The lowest BCUT2D eigenvalue weighted by atomic mass is 10.1. The van der Waals surface area contributed by atoms with E-state index in [4.69, 9.17) is 5.11 Å². The molecule has 0 atom stereocenters. The van der Waals surface area contributed by atoms with E-state index in [0.717, 1.165) is 18.2 Å². The van der Waals surface area contributed by atoms with Crippen LogP contribution in [-0.4, -0.2) is 30.2 Å². The number of carboxylic acid groups (broad SMARTS) is 1. The number of halogens is 4. The number of carbonyl (C=O) groups is 2. The minimum atomic E-state index is -3.28. The van der Waals surface area contributed by atoms with Crippen LogP contribution >= 0.6 is 0 Å². The highest BCUT2D eigenvalue weighted by Crippen LogP contribution is 2.31. The van der Waals surface area contributed by atoms with E-state index in [1.165, 1.54) is 37.3 Å². The summed E-state index contributed by atoms with van der Waals surface area (Å²) in [4.78, 5) is 23.2. The van der Waals surface area contributed by atoms with Crippen LogP contribution in [0.15, 0.2) is 60.4 Å². The number of carboxylic acids is 1. The molecule has 6 nitrogen and oxygen atoms in total. The first-order valence-corrected chi connectivity index (χ1v) is 7.93. The van der Waals surface area contributed by atoms with Crippen LogP contribution in [0.2, 0.25) is 0 Å². The summed E-state index contributed by atoms with van der Waals surface area (Å²) in [5, 5.41) is 11.5. The maximum atomic E-state index is 12.5. The SMILES string of the molecule is C=C/C=C(NC(=O)/C=C/c1ccc(OC(F)F)c(OC(F)F)c1)\C(=C/C)C(=O)O. The average molecular weight is 415 g/mol. The second kappa shape index (κ2) is 11.3. The zero-order chi connectivity index (χ0) is 22.0. The molecule has 1 amide bonds. The summed E-state index contributed by atoms with van der Waals surface area (Å²) in [6, 6.07) is 3.19. The number of benzene rings is 1. The minimum Gasteiger partial charge on any atom is -0.478 e. The van der Waals surface area contributed by atoms with Gasteiger partial charge in [-0.05, 0) is 36.8 Å². The molecule has 0 saturated carbocycles. The highest BCUT2D eigenvalue weighted by molar-refractivity contribution is 5.97. The number of aliphatic carboxylic acids is 1. The minimum absolute atomic E-state index is 0.0212. The van der Waals surface area contributed by atoms with E-state index in [9.17, 15) is 27.2 Å². The number of rotatable bonds is 10. The summed E-state index contributed by atoms with van der Waals surface area (Å²) in [7, 11) is 0. The van der Waals surface area contributed by atoms with Crippen molar-refractivity contribution < 1.29 is 41.7 Å². The first-order valence-electron chi connectivity index (χ1n) is 7.93. The van der Waals surface area contributed by atoms with E-state index in [2.05, 4.69) is 21.4 Å². The third kappa shape index (κ3) is 7.91. The summed E-state index contributed by atoms with van der Waals surface area (Å²) in [5.74, 6) is -3.24. The Balaban J connectivity index is 3.03. The van der Waals surface area contributed by atoms with Gasteiger partial charge in [0.25, 0.3) is 0 Å². The molecule has 0 spiro atoms. The quantitative estimate of drug-likeness (QED) is 0.341. The predicted octanol–water partition coefficient (Wildman–Crippen LogP) is 4.12. The van der Waals surface area contributed by atoms with E-state index < -0.39 is 36.6 Å². The van der Waals surface area contributed by atoms with Crippen molar-refractivity contribution in [2.75, 3.05) is 0 Å². The number of hydrogen-bond acceptors (Lipinski definition) is 4. The molecular formula is C19H17F4NO5. The maximum Gasteiger partial charge on any atom is 0.387 e. The molecular weight excluding hydrogens is 398 g/mol. The summed E-state index contributed by atoms with van der Waals surface area (Å²) in [5.41, 5.74) is -0.0315. The number of nitrogens with one attached hydrogen (secondary N) is 1. The van der Waals surface area contributed by atoms with Crippen molar-refractivity contribution in [3.8, 4) is 11.5 Å². The summed E-state index contributed by atoms with van der Waals surface area (Å²) >= 11 is 0. The molecule has 2 N–H and O–H groups in total. The van der Waals surface area contributed by atoms with Crippen molar-refractivity contribution >= 4 is 18.0 Å². The van der Waals surface area contributed by atoms with Gasteiger partial charge in [-0.3, -0.25) is 4.79 Å². The van der Waals surface area contributed by atoms with Crippen molar-refractivity contribution in [3.05, 3.63) is 65.9 Å². The van der Waals surface area contributed by atoms with Gasteiger partial charge in [-0.15, -0.1) is 0 Å². The average Bonchev–Trinajstić information content (AvgIpc) is 2.61. The molecule has 1 rings (SSSR count). The topological polar surface area (TPSA) is 84.9 Å². The maximum absolute atomic E-state index is 12.5. The van der Waals surface area contributed by atoms with Gasteiger partial charge in [0.2, 0.25) is 5.91 Å². The summed E-state index contributed by atoms with van der Waals surface area (Å²) in [6.07, 6.45) is 6.00. The molecule has 0 aromatic heterocycles. The zero-order valence-corrected chi connectivity index (χ0v) is 15.1. The molecule has 29 heavy (non-hydrogen) atoms. The van der Waals surface area contributed by atoms with E-state index in [1.807, 2.05) is 0 Å². The molecule has 0 unspecified atom stereocenters. The normalized spacial score (nSPS) is 12.4. The molecule has 0 bridgehead atoms. The van der Waals surface area contributed by atoms with Crippen LogP contribution in [0.1, 0.15) is 12.5 Å². The molecule has 1 aromatic carbocycles. The number of allylic oxidation sites excluding steroid dienone is 3. The lowest BCUT2D eigenvalue weighted by Crippen LogP contribution is -2.24. The first kappa shape index (κ1) is 23.5. The Morgan fingerprint density at radius 1 is 1.14 bits per heavy atom. The van der Waals surface area contributed by atoms with Crippen LogP contribution < -0.4 is 14.8 Å². The van der Waals surface area contributed by atoms with E-state index >= 15 is 0 Å². The molecule has 0 aliphatic carbocycles. The molecule has 0 heterocycles. The fourth-order valence-corrected chi connectivity index (χ4v) is 2.07. The Hall–Kier alpha value is -3.56. The van der Waals surface area contributed by atoms with Crippen molar-refractivity contribution in [3.63, 3.8) is 0 Å². The van der Waals surface area contributed by atoms with Gasteiger partial charge in [0, 0.05) is 6.08 Å². The Bertz CT molecular complexity index is 847. The van der Waals surface area contributed by atoms with Crippen LogP contribution in [0.5, 0.6) is 11.5 Å². The van der Waals surface area contributed by atoms with Gasteiger partial charge in [0.15, 0.2) is 11.5 Å². The molecule has 0 saturated heterocycles. The van der Waals surface area contributed by atoms with E-state index in [1.54, 1.807) is 0 Å². The third-order valence-corrected chi connectivity index (χ3v) is 3.18. The van der Waals surface area contributed by atoms with Crippen LogP contribution in [-0.2, 0) is 9.59 Å². The van der Waals surface area contributed by atoms with Gasteiger partial charge >= 0.3 is 19.2 Å². The molecule has 0 radical (unpaired) electrons. The largest absolute Gasteiger partial charge is 0.478 e. The van der Waals surface area contributed by atoms with Crippen LogP contribution in [0.25, 0.3) is 6.08 Å². The van der Waals surface area contributed by atoms with E-state index in [-0.39, 0.29) is 16.8 Å². The standard InChI is InChI=1S/C19H17F4NO5/c1-3-5-13(12(4-2)17(26)27)24-16(25)9-7-11-6-8-14(28-18(20)21)15(10-11)29-19(22)23/h3-10,18-19H,1H2,2H3,(H,24,25)(H,26,27)/b9-7+,12-4+,13-5+. The van der Waals surface area contributed by atoms with Crippen molar-refractivity contribution in [2.45, 2.75) is 20.1 Å². The lowest BCUT2D eigenvalue weighted by molar-refractivity contribution is -0.132. The summed E-state index contributed by atoms with van der Waals surface area (Å²) in [6.45, 7) is -1.62. The van der Waals surface area contributed by atoms with Gasteiger partial charge in [-0.25, -0.2) is 4.79 Å². The molecule has 0 aliphatic rings. The van der Waals surface area contributed by atoms with E-state index in [0.29, 0.717) is 0 Å². The van der Waals surface area contributed by atoms with Crippen molar-refractivity contribution in [1.82, 2.24) is 5.32 Å². The zero-order valence-electron chi connectivity index (χ0n) is 15.1. The van der Waals surface area contributed by atoms with Crippen molar-refractivity contribution in [2.24, 2.45) is 0 Å². The van der Waals surface area contributed by atoms with Gasteiger partial charge < -0.3 is 19.9 Å². The lowest BCUT2D eigenvalue weighted by Gasteiger charge is -2.12. The number of alkyl halides is 4. The number of ether oxygens (including phenoxy) is 2. The highest BCUT2D eigenvalue weighted by Gasteiger charge is 2.16. The fraction of sp³-hybridized carbons (Fsp3) is 0.158. The fourth-order valence-electron chi connectivity index (χ4n) is 2.07. The second-order valence-electron chi connectivity index (χ2n) is 5.11. The number of hydrogen-bond donors (Lipinski definition) is 2.